The summed E-state index contributed by atoms with van der Waals surface area (Å²) in [7, 11) is 4.46. The Morgan fingerprint density at radius 1 is 1.44 bits per heavy atom. The number of nitrogens with zero attached hydrogens (tertiary/aromatic N) is 2. The van der Waals surface area contributed by atoms with E-state index in [-0.39, 0.29) is 5.54 Å². The minimum absolute atomic E-state index is 0.185. The van der Waals surface area contributed by atoms with Gasteiger partial charge in [-0.25, -0.2) is 0 Å². The van der Waals surface area contributed by atoms with Gasteiger partial charge in [-0.2, -0.15) is 0 Å². The van der Waals surface area contributed by atoms with Crippen molar-refractivity contribution < 1.29 is 4.74 Å². The molecule has 2 fully saturated rings. The first-order chi connectivity index (χ1) is 8.66. The van der Waals surface area contributed by atoms with Crippen LogP contribution in [0, 0.1) is 5.92 Å². The van der Waals surface area contributed by atoms with Gasteiger partial charge in [-0.1, -0.05) is 0 Å². The second-order valence-corrected chi connectivity index (χ2v) is 6.23. The zero-order chi connectivity index (χ0) is 13.0. The topological polar surface area (TPSA) is 41.7 Å². The lowest BCUT2D eigenvalue weighted by atomic mass is 9.86. The molecule has 2 heterocycles. The van der Waals surface area contributed by atoms with Crippen molar-refractivity contribution in [3.63, 3.8) is 0 Å². The summed E-state index contributed by atoms with van der Waals surface area (Å²) < 4.78 is 5.59. The molecule has 2 unspecified atom stereocenters. The van der Waals surface area contributed by atoms with Crippen LogP contribution in [0.15, 0.2) is 0 Å². The van der Waals surface area contributed by atoms with Gasteiger partial charge in [0.05, 0.1) is 6.61 Å². The number of nitrogens with two attached hydrogens (primary N) is 1. The van der Waals surface area contributed by atoms with Crippen LogP contribution in [-0.4, -0.2) is 68.8 Å². The Bertz CT molecular complexity index is 255. The highest BCUT2D eigenvalue weighted by Crippen LogP contribution is 2.27. The van der Waals surface area contributed by atoms with E-state index in [1.807, 2.05) is 0 Å². The number of likely N-dealkylation sites (tertiary alicyclic amines) is 1. The van der Waals surface area contributed by atoms with E-state index in [9.17, 15) is 0 Å². The molecule has 0 radical (unpaired) electrons. The van der Waals surface area contributed by atoms with E-state index in [0.29, 0.717) is 5.92 Å². The van der Waals surface area contributed by atoms with E-state index in [1.165, 1.54) is 32.2 Å². The Morgan fingerprint density at radius 2 is 2.28 bits per heavy atom. The van der Waals surface area contributed by atoms with Crippen LogP contribution in [0.5, 0.6) is 0 Å². The quantitative estimate of drug-likeness (QED) is 0.805. The summed E-state index contributed by atoms with van der Waals surface area (Å²) in [5.74, 6) is 0.694. The lowest BCUT2D eigenvalue weighted by Gasteiger charge is -2.48. The Balaban J connectivity index is 1.93. The molecule has 0 aromatic carbocycles. The van der Waals surface area contributed by atoms with E-state index in [4.69, 9.17) is 10.5 Å². The fraction of sp³-hybridized carbons (Fsp3) is 1.00. The van der Waals surface area contributed by atoms with Crippen LogP contribution in [0.3, 0.4) is 0 Å². The lowest BCUT2D eigenvalue weighted by Crippen LogP contribution is -2.61. The van der Waals surface area contributed by atoms with E-state index in [1.54, 1.807) is 0 Å². The van der Waals surface area contributed by atoms with Gasteiger partial charge in [-0.3, -0.25) is 4.90 Å². The van der Waals surface area contributed by atoms with Crippen molar-refractivity contribution in [3.8, 4) is 0 Å². The van der Waals surface area contributed by atoms with Crippen molar-refractivity contribution in [3.05, 3.63) is 0 Å². The average molecular weight is 255 g/mol. The summed E-state index contributed by atoms with van der Waals surface area (Å²) in [4.78, 5) is 4.94. The molecule has 0 aromatic heterocycles. The number of hydrogen-bond acceptors (Lipinski definition) is 4. The van der Waals surface area contributed by atoms with Gasteiger partial charge >= 0.3 is 0 Å². The molecule has 4 nitrogen and oxygen atoms in total. The minimum atomic E-state index is 0.185. The Labute approximate surface area is 111 Å². The molecule has 4 heteroatoms. The van der Waals surface area contributed by atoms with Gasteiger partial charge in [0.25, 0.3) is 0 Å². The highest BCUT2D eigenvalue weighted by molar-refractivity contribution is 4.96. The summed E-state index contributed by atoms with van der Waals surface area (Å²) in [6, 6.07) is 0. The van der Waals surface area contributed by atoms with Crippen LogP contribution in [0.25, 0.3) is 0 Å². The molecule has 2 aliphatic rings. The second-order valence-electron chi connectivity index (χ2n) is 6.23. The standard InChI is InChI=1S/C14H29N3O/c1-16-7-4-6-14(11-15,12-16)17(2)9-13-5-3-8-18-10-13/h13H,3-12,15H2,1-2H3. The van der Waals surface area contributed by atoms with Gasteiger partial charge < -0.3 is 15.4 Å². The number of likely N-dealkylation sites (N-methyl/N-ethyl adjacent to an activating group) is 2. The van der Waals surface area contributed by atoms with E-state index in [2.05, 4.69) is 23.9 Å². The minimum Gasteiger partial charge on any atom is -0.381 e. The Morgan fingerprint density at radius 3 is 2.89 bits per heavy atom. The molecule has 2 aliphatic heterocycles. The zero-order valence-electron chi connectivity index (χ0n) is 12.0. The fourth-order valence-corrected chi connectivity index (χ4v) is 3.50. The predicted molar refractivity (Wildman–Crippen MR) is 74.7 cm³/mol. The SMILES string of the molecule is CN1CCCC(CN)(N(C)CC2CCCOC2)C1. The van der Waals surface area contributed by atoms with E-state index >= 15 is 0 Å². The Hall–Kier alpha value is -0.160. The summed E-state index contributed by atoms with van der Waals surface area (Å²) >= 11 is 0. The van der Waals surface area contributed by atoms with Gasteiger partial charge in [-0.15, -0.1) is 0 Å². The van der Waals surface area contributed by atoms with Crippen LogP contribution < -0.4 is 5.73 Å². The van der Waals surface area contributed by atoms with Crippen LogP contribution in [-0.2, 0) is 4.74 Å². The van der Waals surface area contributed by atoms with Crippen molar-refractivity contribution in [1.82, 2.24) is 9.80 Å². The van der Waals surface area contributed by atoms with Crippen LogP contribution in [0.4, 0.5) is 0 Å². The van der Waals surface area contributed by atoms with E-state index < -0.39 is 0 Å². The predicted octanol–water partition coefficient (Wildman–Crippen LogP) is 0.768. The third-order valence-corrected chi connectivity index (χ3v) is 4.72. The maximum absolute atomic E-state index is 6.11. The molecule has 2 N–H and O–H groups in total. The van der Waals surface area contributed by atoms with Crippen molar-refractivity contribution in [2.45, 2.75) is 31.2 Å². The number of hydrogen-bond donors (Lipinski definition) is 1. The molecule has 2 saturated heterocycles. The second kappa shape index (κ2) is 6.33. The summed E-state index contributed by atoms with van der Waals surface area (Å²) in [6.07, 6.45) is 5.02. The van der Waals surface area contributed by atoms with Gasteiger partial charge in [-0.05, 0) is 52.2 Å². The highest BCUT2D eigenvalue weighted by atomic mass is 16.5. The molecule has 0 spiro atoms. The van der Waals surface area contributed by atoms with Gasteiger partial charge in [0.2, 0.25) is 0 Å². The first-order valence-electron chi connectivity index (χ1n) is 7.34. The molecule has 106 valence electrons. The summed E-state index contributed by atoms with van der Waals surface area (Å²) in [5.41, 5.74) is 6.29. The smallest absolute Gasteiger partial charge is 0.0506 e. The van der Waals surface area contributed by atoms with Crippen LogP contribution in [0.1, 0.15) is 25.7 Å². The number of ether oxygens (including phenoxy) is 1. The fourth-order valence-electron chi connectivity index (χ4n) is 3.50. The molecule has 2 atom stereocenters. The van der Waals surface area contributed by atoms with Crippen molar-refractivity contribution in [1.29, 1.82) is 0 Å². The average Bonchev–Trinajstić information content (AvgIpc) is 2.39. The Kier molecular flexibility index (Phi) is 5.01. The maximum Gasteiger partial charge on any atom is 0.0506 e. The summed E-state index contributed by atoms with van der Waals surface area (Å²) in [5, 5.41) is 0. The van der Waals surface area contributed by atoms with Crippen molar-refractivity contribution >= 4 is 0 Å². The maximum atomic E-state index is 6.11. The highest BCUT2D eigenvalue weighted by Gasteiger charge is 2.37. The van der Waals surface area contributed by atoms with Crippen molar-refractivity contribution in [2.75, 3.05) is 53.5 Å². The molecule has 0 amide bonds. The molecule has 0 aliphatic carbocycles. The summed E-state index contributed by atoms with van der Waals surface area (Å²) in [6.45, 7) is 6.09. The molecule has 18 heavy (non-hydrogen) atoms. The largest absolute Gasteiger partial charge is 0.381 e. The molecule has 0 aromatic rings. The lowest BCUT2D eigenvalue weighted by molar-refractivity contribution is -0.00159. The van der Waals surface area contributed by atoms with Crippen molar-refractivity contribution in [2.24, 2.45) is 11.7 Å². The number of piperidine rings is 1. The third kappa shape index (κ3) is 3.23. The van der Waals surface area contributed by atoms with Crippen LogP contribution in [0.2, 0.25) is 0 Å². The molecule has 0 bridgehead atoms. The monoisotopic (exact) mass is 255 g/mol. The molecular weight excluding hydrogens is 226 g/mol. The van der Waals surface area contributed by atoms with Gasteiger partial charge in [0.15, 0.2) is 0 Å². The molecular formula is C14H29N3O. The molecule has 0 saturated carbocycles. The molecule has 2 rings (SSSR count). The number of rotatable bonds is 4. The van der Waals surface area contributed by atoms with Gasteiger partial charge in [0, 0.05) is 31.8 Å². The zero-order valence-corrected chi connectivity index (χ0v) is 12.0. The first kappa shape index (κ1) is 14.3. The van der Waals surface area contributed by atoms with E-state index in [0.717, 1.165) is 32.8 Å². The normalized spacial score (nSPS) is 35.0. The first-order valence-corrected chi connectivity index (χ1v) is 7.34. The van der Waals surface area contributed by atoms with Gasteiger partial charge in [0.1, 0.15) is 0 Å². The third-order valence-electron chi connectivity index (χ3n) is 4.72. The van der Waals surface area contributed by atoms with Crippen LogP contribution >= 0.6 is 0 Å².